The maximum atomic E-state index is 11.7. The van der Waals surface area contributed by atoms with Gasteiger partial charge in [-0.05, 0) is 50.2 Å². The van der Waals surface area contributed by atoms with Crippen molar-refractivity contribution in [2.24, 2.45) is 11.8 Å². The molecule has 2 aliphatic rings. The Kier molecular flexibility index (Phi) is 3.90. The molecule has 3 atom stereocenters. The zero-order valence-electron chi connectivity index (χ0n) is 12.0. The third-order valence-electron chi connectivity index (χ3n) is 4.71. The number of fused-ring (bicyclic) bond motifs is 2. The van der Waals surface area contributed by atoms with E-state index in [1.807, 2.05) is 19.3 Å². The molecule has 0 amide bonds. The Morgan fingerprint density at radius 1 is 1.40 bits per heavy atom. The Labute approximate surface area is 120 Å². The summed E-state index contributed by atoms with van der Waals surface area (Å²) in [4.78, 5) is 18.3. The van der Waals surface area contributed by atoms with Gasteiger partial charge < -0.3 is 9.64 Å². The quantitative estimate of drug-likeness (QED) is 0.792. The van der Waals surface area contributed by atoms with Gasteiger partial charge in [-0.1, -0.05) is 0 Å². The van der Waals surface area contributed by atoms with Crippen LogP contribution in [0.4, 0.5) is 5.69 Å². The van der Waals surface area contributed by atoms with Crippen molar-refractivity contribution in [1.29, 1.82) is 0 Å². The molecule has 4 nitrogen and oxygen atoms in total. The van der Waals surface area contributed by atoms with Gasteiger partial charge in [-0.15, -0.1) is 0 Å². The van der Waals surface area contributed by atoms with E-state index < -0.39 is 0 Å². The average molecular weight is 274 g/mol. The highest BCUT2D eigenvalue weighted by molar-refractivity contribution is 5.69. The van der Waals surface area contributed by atoms with E-state index in [1.165, 1.54) is 18.5 Å². The summed E-state index contributed by atoms with van der Waals surface area (Å²) < 4.78 is 5.10. The van der Waals surface area contributed by atoms with Gasteiger partial charge in [0.1, 0.15) is 0 Å². The molecule has 0 N–H and O–H groups in total. The van der Waals surface area contributed by atoms with E-state index in [0.29, 0.717) is 30.9 Å². The molecule has 0 aromatic carbocycles. The van der Waals surface area contributed by atoms with Crippen LogP contribution in [0.5, 0.6) is 0 Å². The molecule has 1 aliphatic carbocycles. The predicted octanol–water partition coefficient (Wildman–Crippen LogP) is 2.64. The first kappa shape index (κ1) is 13.4. The normalized spacial score (nSPS) is 28.4. The number of hydrogen-bond acceptors (Lipinski definition) is 4. The number of carbonyl (C=O) groups excluding carboxylic acids is 1. The molecule has 1 aromatic heterocycles. The fourth-order valence-corrected chi connectivity index (χ4v) is 3.76. The van der Waals surface area contributed by atoms with Crippen LogP contribution < -0.4 is 4.90 Å². The summed E-state index contributed by atoms with van der Waals surface area (Å²) in [5.41, 5.74) is 1.27. The second kappa shape index (κ2) is 5.81. The molecule has 2 fully saturated rings. The number of hydrogen-bond donors (Lipinski definition) is 0. The summed E-state index contributed by atoms with van der Waals surface area (Å²) in [5, 5.41) is 0. The minimum atomic E-state index is -0.0293. The number of pyridine rings is 1. The molecule has 20 heavy (non-hydrogen) atoms. The number of ether oxygens (including phenoxy) is 1. The number of carbonyl (C=O) groups is 1. The summed E-state index contributed by atoms with van der Waals surface area (Å²) in [6.45, 7) is 3.43. The van der Waals surface area contributed by atoms with Gasteiger partial charge in [0, 0.05) is 37.1 Å². The molecule has 4 heteroatoms. The molecular weight excluding hydrogens is 252 g/mol. The Morgan fingerprint density at radius 2 is 2.20 bits per heavy atom. The van der Waals surface area contributed by atoms with E-state index in [-0.39, 0.29) is 5.97 Å². The monoisotopic (exact) mass is 274 g/mol. The smallest absolute Gasteiger partial charge is 0.306 e. The first-order valence-electron chi connectivity index (χ1n) is 7.60. The van der Waals surface area contributed by atoms with Crippen molar-refractivity contribution in [2.45, 2.75) is 38.6 Å². The maximum absolute atomic E-state index is 11.7. The molecule has 1 saturated heterocycles. The van der Waals surface area contributed by atoms with Crippen molar-refractivity contribution in [3.63, 3.8) is 0 Å². The third-order valence-corrected chi connectivity index (χ3v) is 4.71. The molecule has 2 heterocycles. The van der Waals surface area contributed by atoms with E-state index >= 15 is 0 Å². The van der Waals surface area contributed by atoms with Crippen LogP contribution >= 0.6 is 0 Å². The Bertz CT molecular complexity index is 463. The van der Waals surface area contributed by atoms with Crippen LogP contribution in [-0.4, -0.2) is 30.1 Å². The Balaban J connectivity index is 1.65. The van der Waals surface area contributed by atoms with E-state index in [2.05, 4.69) is 22.0 Å². The SMILES string of the molecule is CCOC(=O)CC1CCC2CC1CN2c1ccncc1. The van der Waals surface area contributed by atoms with Crippen LogP contribution in [0, 0.1) is 11.8 Å². The van der Waals surface area contributed by atoms with Crippen LogP contribution in [0.1, 0.15) is 32.6 Å². The molecule has 1 aromatic rings. The number of rotatable bonds is 4. The van der Waals surface area contributed by atoms with Crippen molar-refractivity contribution in [2.75, 3.05) is 18.1 Å². The van der Waals surface area contributed by atoms with Gasteiger partial charge in [0.05, 0.1) is 6.61 Å². The summed E-state index contributed by atoms with van der Waals surface area (Å²) in [6.07, 6.45) is 7.85. The Hall–Kier alpha value is -1.58. The largest absolute Gasteiger partial charge is 0.466 e. The minimum Gasteiger partial charge on any atom is -0.466 e. The highest BCUT2D eigenvalue weighted by Gasteiger charge is 2.41. The maximum Gasteiger partial charge on any atom is 0.306 e. The number of anilines is 1. The molecule has 3 rings (SSSR count). The zero-order valence-corrected chi connectivity index (χ0v) is 12.0. The predicted molar refractivity (Wildman–Crippen MR) is 77.5 cm³/mol. The summed E-state index contributed by atoms with van der Waals surface area (Å²) in [6, 6.07) is 4.81. The Morgan fingerprint density at radius 3 is 2.95 bits per heavy atom. The second-order valence-corrected chi connectivity index (χ2v) is 5.85. The van der Waals surface area contributed by atoms with Crippen molar-refractivity contribution in [1.82, 2.24) is 4.98 Å². The van der Waals surface area contributed by atoms with E-state index in [9.17, 15) is 4.79 Å². The molecular formula is C16H22N2O2. The topological polar surface area (TPSA) is 42.4 Å². The summed E-state index contributed by atoms with van der Waals surface area (Å²) in [7, 11) is 0. The summed E-state index contributed by atoms with van der Waals surface area (Å²) in [5.74, 6) is 1.10. The van der Waals surface area contributed by atoms with Crippen molar-refractivity contribution in [3.05, 3.63) is 24.5 Å². The van der Waals surface area contributed by atoms with Gasteiger partial charge in [-0.2, -0.15) is 0 Å². The van der Waals surface area contributed by atoms with E-state index in [4.69, 9.17) is 4.74 Å². The first-order valence-corrected chi connectivity index (χ1v) is 7.60. The molecule has 1 aliphatic heterocycles. The van der Waals surface area contributed by atoms with Crippen LogP contribution in [0.3, 0.4) is 0 Å². The highest BCUT2D eigenvalue weighted by atomic mass is 16.5. The third kappa shape index (κ3) is 2.65. The number of nitrogens with zero attached hydrogens (tertiary/aromatic N) is 2. The van der Waals surface area contributed by atoms with Crippen molar-refractivity contribution >= 4 is 11.7 Å². The molecule has 0 radical (unpaired) electrons. The van der Waals surface area contributed by atoms with E-state index in [1.54, 1.807) is 0 Å². The highest BCUT2D eigenvalue weighted by Crippen LogP contribution is 2.42. The van der Waals surface area contributed by atoms with Gasteiger partial charge in [0.25, 0.3) is 0 Å². The molecule has 0 spiro atoms. The second-order valence-electron chi connectivity index (χ2n) is 5.85. The van der Waals surface area contributed by atoms with Gasteiger partial charge >= 0.3 is 5.97 Å². The fourth-order valence-electron chi connectivity index (χ4n) is 3.76. The molecule has 1 saturated carbocycles. The van der Waals surface area contributed by atoms with Crippen molar-refractivity contribution in [3.8, 4) is 0 Å². The fraction of sp³-hybridized carbons (Fsp3) is 0.625. The van der Waals surface area contributed by atoms with Gasteiger partial charge in [0.15, 0.2) is 0 Å². The lowest BCUT2D eigenvalue weighted by Crippen LogP contribution is -2.29. The van der Waals surface area contributed by atoms with Crippen LogP contribution in [0.15, 0.2) is 24.5 Å². The zero-order chi connectivity index (χ0) is 13.9. The van der Waals surface area contributed by atoms with Crippen molar-refractivity contribution < 1.29 is 9.53 Å². The van der Waals surface area contributed by atoms with E-state index in [0.717, 1.165) is 13.0 Å². The van der Waals surface area contributed by atoms with Gasteiger partial charge in [-0.3, -0.25) is 9.78 Å². The lowest BCUT2D eigenvalue weighted by molar-refractivity contribution is -0.144. The lowest BCUT2D eigenvalue weighted by Gasteiger charge is -2.28. The molecule has 108 valence electrons. The van der Waals surface area contributed by atoms with Crippen LogP contribution in [0.25, 0.3) is 0 Å². The average Bonchev–Trinajstić information content (AvgIpc) is 2.82. The number of esters is 1. The first-order chi connectivity index (χ1) is 9.78. The standard InChI is InChI=1S/C16H22N2O2/c1-2-20-16(19)10-12-3-4-15-9-13(12)11-18(15)14-5-7-17-8-6-14/h5-8,12-13,15H,2-4,9-11H2,1H3. The summed E-state index contributed by atoms with van der Waals surface area (Å²) >= 11 is 0. The molecule has 3 unspecified atom stereocenters. The number of aromatic nitrogens is 1. The van der Waals surface area contributed by atoms with Crippen LogP contribution in [-0.2, 0) is 9.53 Å². The van der Waals surface area contributed by atoms with Gasteiger partial charge in [0.2, 0.25) is 0 Å². The lowest BCUT2D eigenvalue weighted by atomic mass is 9.78. The van der Waals surface area contributed by atoms with Crippen LogP contribution in [0.2, 0.25) is 0 Å². The van der Waals surface area contributed by atoms with Gasteiger partial charge in [-0.25, -0.2) is 0 Å². The minimum absolute atomic E-state index is 0.0293. The molecule has 2 bridgehead atoms.